The normalized spacial score (nSPS) is 12.1. The first kappa shape index (κ1) is 14.4. The largest absolute Gasteiger partial charge is 0.394 e. The minimum Gasteiger partial charge on any atom is -0.394 e. The molecular weight excluding hydrogens is 234 g/mol. The summed E-state index contributed by atoms with van der Waals surface area (Å²) in [5.41, 5.74) is -0.216. The van der Waals surface area contributed by atoms with Gasteiger partial charge in [-0.25, -0.2) is 0 Å². The van der Waals surface area contributed by atoms with Gasteiger partial charge in [0.25, 0.3) is 0 Å². The van der Waals surface area contributed by atoms with Crippen LogP contribution in [0, 0.1) is 0 Å². The van der Waals surface area contributed by atoms with Gasteiger partial charge in [-0.1, -0.05) is 6.07 Å². The van der Waals surface area contributed by atoms with Gasteiger partial charge < -0.3 is 5.11 Å². The molecule has 0 radical (unpaired) electrons. The first-order valence-corrected chi connectivity index (χ1v) is 6.74. The lowest BCUT2D eigenvalue weighted by Gasteiger charge is -2.33. The van der Waals surface area contributed by atoms with Gasteiger partial charge >= 0.3 is 0 Å². The summed E-state index contributed by atoms with van der Waals surface area (Å²) in [6, 6.07) is 3.77. The third-order valence-corrected chi connectivity index (χ3v) is 4.02. The summed E-state index contributed by atoms with van der Waals surface area (Å²) >= 11 is 1.50. The lowest BCUT2D eigenvalue weighted by molar-refractivity contribution is 0.0759. The molecule has 3 nitrogen and oxygen atoms in total. The van der Waals surface area contributed by atoms with Crippen LogP contribution in [0.3, 0.4) is 0 Å². The summed E-state index contributed by atoms with van der Waals surface area (Å²) in [6.07, 6.45) is 1.41. The van der Waals surface area contributed by atoms with E-state index in [4.69, 9.17) is 0 Å². The van der Waals surface area contributed by atoms with Gasteiger partial charge in [0.15, 0.2) is 5.78 Å². The number of rotatable bonds is 7. The Morgan fingerprint density at radius 3 is 2.76 bits per heavy atom. The molecule has 0 saturated carbocycles. The number of hydrogen-bond donors (Lipinski definition) is 1. The van der Waals surface area contributed by atoms with Gasteiger partial charge in [-0.3, -0.25) is 9.69 Å². The molecule has 0 atom stereocenters. The Labute approximate surface area is 107 Å². The number of ketones is 1. The second-order valence-corrected chi connectivity index (χ2v) is 5.84. The van der Waals surface area contributed by atoms with Gasteiger partial charge in [-0.15, -0.1) is 11.3 Å². The zero-order chi connectivity index (χ0) is 12.9. The van der Waals surface area contributed by atoms with Crippen LogP contribution in [0.25, 0.3) is 0 Å². The van der Waals surface area contributed by atoms with E-state index in [-0.39, 0.29) is 17.9 Å². The van der Waals surface area contributed by atoms with E-state index in [1.54, 1.807) is 0 Å². The van der Waals surface area contributed by atoms with Gasteiger partial charge in [-0.05, 0) is 45.3 Å². The summed E-state index contributed by atoms with van der Waals surface area (Å²) in [5, 5.41) is 11.1. The molecule has 1 rings (SSSR count). The predicted molar refractivity (Wildman–Crippen MR) is 71.7 cm³/mol. The van der Waals surface area contributed by atoms with Crippen LogP contribution in [0.4, 0.5) is 0 Å². The first-order chi connectivity index (χ1) is 7.97. The number of carbonyl (C=O) groups is 1. The molecule has 1 N–H and O–H groups in total. The van der Waals surface area contributed by atoms with Crippen molar-refractivity contribution < 1.29 is 9.90 Å². The highest BCUT2D eigenvalue weighted by atomic mass is 32.1. The van der Waals surface area contributed by atoms with Crippen LogP contribution >= 0.6 is 11.3 Å². The topological polar surface area (TPSA) is 40.5 Å². The zero-order valence-electron chi connectivity index (χ0n) is 10.8. The number of aliphatic hydroxyl groups is 1. The third kappa shape index (κ3) is 4.22. The fourth-order valence-corrected chi connectivity index (χ4v) is 2.15. The monoisotopic (exact) mass is 255 g/mol. The maximum absolute atomic E-state index is 11.7. The standard InChI is InChI=1S/C13H21NO2S/c1-13(2,10-15)14(3)8-4-6-11(16)12-7-5-9-17-12/h5,7,9,15H,4,6,8,10H2,1-3H3. The van der Waals surface area contributed by atoms with Crippen molar-refractivity contribution in [2.75, 3.05) is 20.2 Å². The Morgan fingerprint density at radius 2 is 2.24 bits per heavy atom. The Morgan fingerprint density at radius 1 is 1.53 bits per heavy atom. The molecule has 0 aliphatic rings. The average molecular weight is 255 g/mol. The number of Topliss-reactive ketones (excluding diaryl/α,β-unsaturated/α-hetero) is 1. The van der Waals surface area contributed by atoms with E-state index in [1.807, 2.05) is 38.4 Å². The number of hydrogen-bond acceptors (Lipinski definition) is 4. The molecule has 0 aliphatic heterocycles. The zero-order valence-corrected chi connectivity index (χ0v) is 11.6. The summed E-state index contributed by atoms with van der Waals surface area (Å²) in [4.78, 5) is 14.7. The molecule has 0 amide bonds. The van der Waals surface area contributed by atoms with Crippen molar-refractivity contribution in [1.82, 2.24) is 4.90 Å². The molecular formula is C13H21NO2S. The van der Waals surface area contributed by atoms with Gasteiger partial charge in [0, 0.05) is 12.0 Å². The van der Waals surface area contributed by atoms with E-state index >= 15 is 0 Å². The minimum absolute atomic E-state index is 0.127. The molecule has 17 heavy (non-hydrogen) atoms. The molecule has 0 aliphatic carbocycles. The van der Waals surface area contributed by atoms with Gasteiger partial charge in [0.05, 0.1) is 11.5 Å². The lowest BCUT2D eigenvalue weighted by Crippen LogP contribution is -2.44. The molecule has 0 saturated heterocycles. The number of thiophene rings is 1. The van der Waals surface area contributed by atoms with Crippen molar-refractivity contribution >= 4 is 17.1 Å². The maximum Gasteiger partial charge on any atom is 0.172 e. The van der Waals surface area contributed by atoms with Crippen LogP contribution in [-0.2, 0) is 0 Å². The van der Waals surface area contributed by atoms with Crippen LogP contribution in [0.1, 0.15) is 36.4 Å². The molecule has 1 aromatic rings. The van der Waals surface area contributed by atoms with E-state index < -0.39 is 0 Å². The predicted octanol–water partition coefficient (Wildman–Crippen LogP) is 2.41. The van der Waals surface area contributed by atoms with E-state index in [0.717, 1.165) is 17.8 Å². The van der Waals surface area contributed by atoms with E-state index in [0.29, 0.717) is 6.42 Å². The van der Waals surface area contributed by atoms with Crippen LogP contribution in [0.5, 0.6) is 0 Å². The van der Waals surface area contributed by atoms with Crippen molar-refractivity contribution in [3.05, 3.63) is 22.4 Å². The fraction of sp³-hybridized carbons (Fsp3) is 0.615. The molecule has 1 heterocycles. The van der Waals surface area contributed by atoms with Crippen molar-refractivity contribution in [2.24, 2.45) is 0 Å². The molecule has 0 aromatic carbocycles. The fourth-order valence-electron chi connectivity index (χ4n) is 1.46. The van der Waals surface area contributed by atoms with Crippen LogP contribution in [0.2, 0.25) is 0 Å². The van der Waals surface area contributed by atoms with Crippen molar-refractivity contribution in [3.63, 3.8) is 0 Å². The molecule has 96 valence electrons. The molecule has 1 aromatic heterocycles. The van der Waals surface area contributed by atoms with E-state index in [9.17, 15) is 9.90 Å². The summed E-state index contributed by atoms with van der Waals surface area (Å²) in [5.74, 6) is 0.218. The molecule has 0 unspecified atom stereocenters. The lowest BCUT2D eigenvalue weighted by atomic mass is 10.0. The van der Waals surface area contributed by atoms with Crippen LogP contribution in [-0.4, -0.2) is 41.5 Å². The Hall–Kier alpha value is -0.710. The van der Waals surface area contributed by atoms with Crippen molar-refractivity contribution in [1.29, 1.82) is 0 Å². The molecule has 0 fully saturated rings. The SMILES string of the molecule is CN(CCCC(=O)c1cccs1)C(C)(C)CO. The quantitative estimate of drug-likeness (QED) is 0.761. The first-order valence-electron chi connectivity index (χ1n) is 5.86. The Balaban J connectivity index is 2.31. The van der Waals surface area contributed by atoms with Gasteiger partial charge in [0.1, 0.15) is 0 Å². The third-order valence-electron chi connectivity index (χ3n) is 3.11. The number of aliphatic hydroxyl groups excluding tert-OH is 1. The smallest absolute Gasteiger partial charge is 0.172 e. The van der Waals surface area contributed by atoms with Gasteiger partial charge in [-0.2, -0.15) is 0 Å². The van der Waals surface area contributed by atoms with Crippen molar-refractivity contribution in [3.8, 4) is 0 Å². The summed E-state index contributed by atoms with van der Waals surface area (Å²) in [7, 11) is 1.98. The molecule has 0 spiro atoms. The molecule has 4 heteroatoms. The maximum atomic E-state index is 11.7. The Bertz CT molecular complexity index is 346. The van der Waals surface area contributed by atoms with Crippen LogP contribution < -0.4 is 0 Å². The van der Waals surface area contributed by atoms with Crippen molar-refractivity contribution in [2.45, 2.75) is 32.2 Å². The summed E-state index contributed by atoms with van der Waals surface area (Å²) < 4.78 is 0. The Kier molecular flexibility index (Phi) is 5.31. The van der Waals surface area contributed by atoms with E-state index in [2.05, 4.69) is 4.90 Å². The second kappa shape index (κ2) is 6.28. The van der Waals surface area contributed by atoms with Gasteiger partial charge in [0.2, 0.25) is 0 Å². The highest BCUT2D eigenvalue weighted by Gasteiger charge is 2.21. The highest BCUT2D eigenvalue weighted by molar-refractivity contribution is 7.12. The number of likely N-dealkylation sites (N-methyl/N-ethyl adjacent to an activating group) is 1. The number of nitrogens with zero attached hydrogens (tertiary/aromatic N) is 1. The summed E-state index contributed by atoms with van der Waals surface area (Å²) in [6.45, 7) is 4.94. The second-order valence-electron chi connectivity index (χ2n) is 4.90. The van der Waals surface area contributed by atoms with E-state index in [1.165, 1.54) is 11.3 Å². The number of carbonyl (C=O) groups excluding carboxylic acids is 1. The average Bonchev–Trinajstić information content (AvgIpc) is 2.82. The minimum atomic E-state index is -0.216. The van der Waals surface area contributed by atoms with Crippen LogP contribution in [0.15, 0.2) is 17.5 Å². The molecule has 0 bridgehead atoms. The highest BCUT2D eigenvalue weighted by Crippen LogP contribution is 2.15.